The number of thiazole rings is 1. The SMILES string of the molecule is CC1(C)C(CBr)C1c1ncc(I)s1. The molecule has 0 saturated heterocycles. The molecule has 0 amide bonds. The summed E-state index contributed by atoms with van der Waals surface area (Å²) in [6, 6.07) is 0. The van der Waals surface area contributed by atoms with E-state index in [4.69, 9.17) is 0 Å². The predicted molar refractivity (Wildman–Crippen MR) is 68.6 cm³/mol. The average Bonchev–Trinajstić information content (AvgIpc) is 2.41. The Hall–Kier alpha value is 0.840. The lowest BCUT2D eigenvalue weighted by atomic mass is 10.1. The minimum absolute atomic E-state index is 0.449. The number of nitrogens with zero attached hydrogens (tertiary/aromatic N) is 1. The Kier molecular flexibility index (Phi) is 2.75. The van der Waals surface area contributed by atoms with Crippen LogP contribution in [-0.2, 0) is 0 Å². The number of hydrogen-bond acceptors (Lipinski definition) is 2. The fourth-order valence-electron chi connectivity index (χ4n) is 1.93. The zero-order valence-corrected chi connectivity index (χ0v) is 12.1. The zero-order chi connectivity index (χ0) is 9.64. The lowest BCUT2D eigenvalue weighted by Gasteiger charge is -1.97. The molecule has 72 valence electrons. The second kappa shape index (κ2) is 3.45. The van der Waals surface area contributed by atoms with E-state index in [2.05, 4.69) is 57.4 Å². The number of aromatic nitrogens is 1. The first-order valence-corrected chi connectivity index (χ1v) is 7.26. The van der Waals surface area contributed by atoms with E-state index in [9.17, 15) is 0 Å². The first kappa shape index (κ1) is 10.4. The monoisotopic (exact) mass is 371 g/mol. The molecule has 2 rings (SSSR count). The highest BCUT2D eigenvalue weighted by molar-refractivity contribution is 14.1. The topological polar surface area (TPSA) is 12.9 Å². The maximum Gasteiger partial charge on any atom is 0.0975 e. The maximum absolute atomic E-state index is 4.46. The van der Waals surface area contributed by atoms with Gasteiger partial charge in [-0.15, -0.1) is 11.3 Å². The van der Waals surface area contributed by atoms with Crippen molar-refractivity contribution in [3.63, 3.8) is 0 Å². The van der Waals surface area contributed by atoms with Crippen LogP contribution in [0.15, 0.2) is 6.20 Å². The molecule has 4 heteroatoms. The van der Waals surface area contributed by atoms with Crippen molar-refractivity contribution in [3.8, 4) is 0 Å². The molecule has 0 radical (unpaired) electrons. The van der Waals surface area contributed by atoms with Gasteiger partial charge in [0.15, 0.2) is 0 Å². The lowest BCUT2D eigenvalue weighted by molar-refractivity contribution is 0.579. The van der Waals surface area contributed by atoms with Crippen LogP contribution >= 0.6 is 49.9 Å². The Morgan fingerprint density at radius 3 is 2.77 bits per heavy atom. The van der Waals surface area contributed by atoms with Crippen LogP contribution in [0, 0.1) is 14.2 Å². The van der Waals surface area contributed by atoms with E-state index in [-0.39, 0.29) is 0 Å². The van der Waals surface area contributed by atoms with Gasteiger partial charge in [0, 0.05) is 11.2 Å². The Morgan fingerprint density at radius 2 is 2.38 bits per heavy atom. The van der Waals surface area contributed by atoms with E-state index in [0.29, 0.717) is 11.3 Å². The molecule has 1 nitrogen and oxygen atoms in total. The minimum Gasteiger partial charge on any atom is -0.248 e. The number of hydrogen-bond donors (Lipinski definition) is 0. The molecule has 2 unspecified atom stereocenters. The molecule has 1 fully saturated rings. The Bertz CT molecular complexity index is 323. The van der Waals surface area contributed by atoms with Gasteiger partial charge >= 0.3 is 0 Å². The number of rotatable bonds is 2. The second-order valence-corrected chi connectivity index (χ2v) is 7.67. The van der Waals surface area contributed by atoms with Crippen molar-refractivity contribution < 1.29 is 0 Å². The van der Waals surface area contributed by atoms with E-state index >= 15 is 0 Å². The van der Waals surface area contributed by atoms with Crippen LogP contribution in [-0.4, -0.2) is 10.3 Å². The summed E-state index contributed by atoms with van der Waals surface area (Å²) < 4.78 is 1.30. The van der Waals surface area contributed by atoms with Crippen LogP contribution in [0.1, 0.15) is 24.8 Å². The second-order valence-electron chi connectivity index (χ2n) is 4.06. The van der Waals surface area contributed by atoms with Crippen LogP contribution in [0.3, 0.4) is 0 Å². The van der Waals surface area contributed by atoms with Crippen molar-refractivity contribution in [2.75, 3.05) is 5.33 Å². The third kappa shape index (κ3) is 1.69. The van der Waals surface area contributed by atoms with Gasteiger partial charge in [0.05, 0.1) is 14.1 Å². The standard InChI is InChI=1S/C9H11BrINS/c1-9(2)5(3-10)7(9)8-12-4-6(11)13-8/h4-5,7H,3H2,1-2H3. The predicted octanol–water partition coefficient (Wildman–Crippen LogP) is 3.88. The highest BCUT2D eigenvalue weighted by Crippen LogP contribution is 2.65. The summed E-state index contributed by atoms with van der Waals surface area (Å²) in [6.45, 7) is 4.66. The fourth-order valence-corrected chi connectivity index (χ4v) is 4.96. The van der Waals surface area contributed by atoms with Gasteiger partial charge in [-0.1, -0.05) is 29.8 Å². The smallest absolute Gasteiger partial charge is 0.0975 e. The molecule has 1 saturated carbocycles. The van der Waals surface area contributed by atoms with Crippen molar-refractivity contribution in [3.05, 3.63) is 14.1 Å². The van der Waals surface area contributed by atoms with E-state index in [0.717, 1.165) is 11.2 Å². The Morgan fingerprint density at radius 1 is 1.69 bits per heavy atom. The molecule has 1 aromatic heterocycles. The van der Waals surface area contributed by atoms with Gasteiger partial charge in [0.2, 0.25) is 0 Å². The zero-order valence-electron chi connectivity index (χ0n) is 7.55. The average molecular weight is 372 g/mol. The summed E-state index contributed by atoms with van der Waals surface area (Å²) in [5.41, 5.74) is 0.449. The Balaban J connectivity index is 2.21. The summed E-state index contributed by atoms with van der Waals surface area (Å²) in [6.07, 6.45) is 1.97. The summed E-state index contributed by atoms with van der Waals surface area (Å²) >= 11 is 7.74. The van der Waals surface area contributed by atoms with Crippen LogP contribution in [0.5, 0.6) is 0 Å². The van der Waals surface area contributed by atoms with E-state index in [1.807, 2.05) is 17.5 Å². The molecule has 2 atom stereocenters. The molecule has 1 heterocycles. The molecule has 0 aliphatic heterocycles. The van der Waals surface area contributed by atoms with Crippen LogP contribution < -0.4 is 0 Å². The van der Waals surface area contributed by atoms with Gasteiger partial charge in [-0.2, -0.15) is 0 Å². The van der Waals surface area contributed by atoms with Crippen LogP contribution in [0.25, 0.3) is 0 Å². The van der Waals surface area contributed by atoms with Gasteiger partial charge in [0.25, 0.3) is 0 Å². The highest BCUT2D eigenvalue weighted by atomic mass is 127. The normalized spacial score (nSPS) is 30.5. The van der Waals surface area contributed by atoms with E-state index in [1.165, 1.54) is 7.89 Å². The molecule has 0 aromatic carbocycles. The first-order valence-electron chi connectivity index (χ1n) is 4.24. The van der Waals surface area contributed by atoms with Gasteiger partial charge < -0.3 is 0 Å². The van der Waals surface area contributed by atoms with Crippen LogP contribution in [0.4, 0.5) is 0 Å². The number of halogens is 2. The van der Waals surface area contributed by atoms with Gasteiger partial charge in [-0.05, 0) is 33.9 Å². The maximum atomic E-state index is 4.46. The van der Waals surface area contributed by atoms with E-state index < -0.39 is 0 Å². The van der Waals surface area contributed by atoms with Crippen molar-refractivity contribution >= 4 is 49.9 Å². The van der Waals surface area contributed by atoms with Gasteiger partial charge in [-0.25, -0.2) is 4.98 Å². The molecule has 0 spiro atoms. The fraction of sp³-hybridized carbons (Fsp3) is 0.667. The molecule has 0 bridgehead atoms. The third-order valence-electron chi connectivity index (χ3n) is 2.98. The van der Waals surface area contributed by atoms with Crippen molar-refractivity contribution in [1.82, 2.24) is 4.98 Å². The summed E-state index contributed by atoms with van der Waals surface area (Å²) in [5, 5.41) is 2.42. The van der Waals surface area contributed by atoms with Crippen molar-refractivity contribution in [1.29, 1.82) is 0 Å². The molecular weight excluding hydrogens is 361 g/mol. The largest absolute Gasteiger partial charge is 0.248 e. The van der Waals surface area contributed by atoms with Crippen molar-refractivity contribution in [2.45, 2.75) is 19.8 Å². The number of alkyl halides is 1. The van der Waals surface area contributed by atoms with Crippen molar-refractivity contribution in [2.24, 2.45) is 11.3 Å². The van der Waals surface area contributed by atoms with E-state index in [1.54, 1.807) is 0 Å². The Labute approximate surface area is 105 Å². The minimum atomic E-state index is 0.449. The van der Waals surface area contributed by atoms with Crippen LogP contribution in [0.2, 0.25) is 0 Å². The molecule has 0 N–H and O–H groups in total. The highest BCUT2D eigenvalue weighted by Gasteiger charge is 2.58. The molecule has 1 aliphatic carbocycles. The molecule has 1 aromatic rings. The third-order valence-corrected chi connectivity index (χ3v) is 5.48. The quantitative estimate of drug-likeness (QED) is 0.567. The summed E-state index contributed by atoms with van der Waals surface area (Å²) in [5.74, 6) is 1.45. The summed E-state index contributed by atoms with van der Waals surface area (Å²) in [4.78, 5) is 4.46. The molecule has 1 aliphatic rings. The van der Waals surface area contributed by atoms with Gasteiger partial charge in [0.1, 0.15) is 0 Å². The first-order chi connectivity index (χ1) is 6.07. The lowest BCUT2D eigenvalue weighted by Crippen LogP contribution is -1.90. The molecular formula is C9H11BrINS. The van der Waals surface area contributed by atoms with Gasteiger partial charge in [-0.3, -0.25) is 0 Å². The summed E-state index contributed by atoms with van der Waals surface area (Å²) in [7, 11) is 0. The molecule has 13 heavy (non-hydrogen) atoms.